The Balaban J connectivity index is 2.18. The molecular weight excluding hydrogens is 250 g/mol. The van der Waals surface area contributed by atoms with Crippen molar-refractivity contribution in [2.75, 3.05) is 0 Å². The van der Waals surface area contributed by atoms with Crippen molar-refractivity contribution in [2.24, 2.45) is 0 Å². The molecule has 2 aromatic heterocycles. The first-order valence-corrected chi connectivity index (χ1v) is 6.07. The molecule has 0 saturated carbocycles. The van der Waals surface area contributed by atoms with Crippen LogP contribution in [-0.2, 0) is 0 Å². The summed E-state index contributed by atoms with van der Waals surface area (Å²) in [6.45, 7) is 0. The fourth-order valence-corrected chi connectivity index (χ4v) is 2.34. The molecule has 0 atom stereocenters. The number of hydrogen-bond donors (Lipinski definition) is 0. The van der Waals surface area contributed by atoms with Crippen LogP contribution in [0, 0.1) is 10.1 Å². The fourth-order valence-electron chi connectivity index (χ4n) is 1.66. The summed E-state index contributed by atoms with van der Waals surface area (Å²) in [6, 6.07) is 8.36. The third-order valence-electron chi connectivity index (χ3n) is 2.51. The Bertz CT molecular complexity index is 725. The Morgan fingerprint density at radius 3 is 2.83 bits per heavy atom. The smallest absolute Gasteiger partial charge is 0.258 e. The van der Waals surface area contributed by atoms with Gasteiger partial charge in [-0.1, -0.05) is 6.07 Å². The maximum absolute atomic E-state index is 10.7. The van der Waals surface area contributed by atoms with Crippen LogP contribution in [0.5, 0.6) is 0 Å². The van der Waals surface area contributed by atoms with Crippen molar-refractivity contribution < 1.29 is 4.92 Å². The number of hydrogen-bond acceptors (Lipinski definition) is 5. The lowest BCUT2D eigenvalue weighted by Crippen LogP contribution is -1.91. The zero-order valence-electron chi connectivity index (χ0n) is 9.11. The lowest BCUT2D eigenvalue weighted by Gasteiger charge is -2.00. The van der Waals surface area contributed by atoms with Crippen molar-refractivity contribution in [3.05, 3.63) is 52.0 Å². The predicted octanol–water partition coefficient (Wildman–Crippen LogP) is 3.27. The van der Waals surface area contributed by atoms with Crippen LogP contribution in [0.3, 0.4) is 0 Å². The Hall–Kier alpha value is -2.34. The van der Waals surface area contributed by atoms with Crippen molar-refractivity contribution in [3.8, 4) is 10.6 Å². The minimum absolute atomic E-state index is 0.0279. The highest BCUT2D eigenvalue weighted by molar-refractivity contribution is 7.13. The molecule has 0 aliphatic heterocycles. The Kier molecular flexibility index (Phi) is 2.49. The van der Waals surface area contributed by atoms with E-state index < -0.39 is 4.92 Å². The molecule has 0 aliphatic carbocycles. The maximum atomic E-state index is 10.7. The second kappa shape index (κ2) is 4.15. The molecule has 0 amide bonds. The third-order valence-corrected chi connectivity index (χ3v) is 3.40. The monoisotopic (exact) mass is 257 g/mol. The van der Waals surface area contributed by atoms with Gasteiger partial charge in [-0.3, -0.25) is 15.1 Å². The molecule has 0 radical (unpaired) electrons. The van der Waals surface area contributed by atoms with Gasteiger partial charge in [-0.2, -0.15) is 0 Å². The summed E-state index contributed by atoms with van der Waals surface area (Å²) in [7, 11) is 0. The summed E-state index contributed by atoms with van der Waals surface area (Å²) in [5, 5.41) is 12.7. The van der Waals surface area contributed by atoms with E-state index in [1.54, 1.807) is 23.6 Å². The van der Waals surface area contributed by atoms with Crippen LogP contribution >= 0.6 is 11.3 Å². The number of nitro benzene ring substituents is 1. The number of nitro groups is 1. The highest BCUT2D eigenvalue weighted by atomic mass is 32.1. The number of benzene rings is 1. The van der Waals surface area contributed by atoms with Gasteiger partial charge in [-0.25, -0.2) is 4.98 Å². The molecule has 6 heteroatoms. The van der Waals surface area contributed by atoms with E-state index in [-0.39, 0.29) is 5.69 Å². The standard InChI is InChI=1S/C12H7N3O2S/c16-15(17)8-3-4-9-10(6-8)14-11(7-13-9)12-2-1-5-18-12/h1-7H. The molecule has 1 aromatic carbocycles. The first kappa shape index (κ1) is 10.8. The van der Waals surface area contributed by atoms with Gasteiger partial charge in [-0.05, 0) is 17.5 Å². The molecule has 0 fully saturated rings. The summed E-state index contributed by atoms with van der Waals surface area (Å²) in [6.07, 6.45) is 1.68. The number of non-ortho nitro benzene ring substituents is 1. The fraction of sp³-hybridized carbons (Fsp3) is 0. The summed E-state index contributed by atoms with van der Waals surface area (Å²) >= 11 is 1.56. The van der Waals surface area contributed by atoms with Crippen LogP contribution in [0.1, 0.15) is 0 Å². The second-order valence-corrected chi connectivity index (χ2v) is 4.61. The Morgan fingerprint density at radius 1 is 1.22 bits per heavy atom. The van der Waals surface area contributed by atoms with Gasteiger partial charge in [0.1, 0.15) is 0 Å². The molecular formula is C12H7N3O2S. The van der Waals surface area contributed by atoms with Crippen molar-refractivity contribution >= 4 is 28.1 Å². The van der Waals surface area contributed by atoms with Crippen molar-refractivity contribution in [1.82, 2.24) is 9.97 Å². The minimum Gasteiger partial charge on any atom is -0.258 e. The SMILES string of the molecule is O=[N+]([O-])c1ccc2ncc(-c3cccs3)nc2c1. The molecule has 0 saturated heterocycles. The van der Waals surface area contributed by atoms with Gasteiger partial charge in [0.25, 0.3) is 5.69 Å². The Morgan fingerprint density at radius 2 is 2.11 bits per heavy atom. The van der Waals surface area contributed by atoms with Gasteiger partial charge in [0, 0.05) is 12.1 Å². The van der Waals surface area contributed by atoms with Crippen LogP contribution in [-0.4, -0.2) is 14.9 Å². The van der Waals surface area contributed by atoms with Crippen molar-refractivity contribution in [1.29, 1.82) is 0 Å². The highest BCUT2D eigenvalue weighted by Gasteiger charge is 2.09. The van der Waals surface area contributed by atoms with E-state index in [0.29, 0.717) is 11.0 Å². The second-order valence-electron chi connectivity index (χ2n) is 3.66. The molecule has 2 heterocycles. The van der Waals surface area contributed by atoms with Gasteiger partial charge in [-0.15, -0.1) is 11.3 Å². The van der Waals surface area contributed by atoms with E-state index in [1.807, 2.05) is 17.5 Å². The zero-order valence-corrected chi connectivity index (χ0v) is 9.92. The van der Waals surface area contributed by atoms with Gasteiger partial charge in [0.05, 0.1) is 32.7 Å². The quantitative estimate of drug-likeness (QED) is 0.522. The first-order chi connectivity index (χ1) is 8.74. The van der Waals surface area contributed by atoms with E-state index in [2.05, 4.69) is 9.97 Å². The van der Waals surface area contributed by atoms with Crippen molar-refractivity contribution in [2.45, 2.75) is 0 Å². The topological polar surface area (TPSA) is 68.9 Å². The lowest BCUT2D eigenvalue weighted by atomic mass is 10.2. The molecule has 0 aliphatic rings. The molecule has 88 valence electrons. The largest absolute Gasteiger partial charge is 0.271 e. The van der Waals surface area contributed by atoms with Crippen LogP contribution in [0.15, 0.2) is 41.9 Å². The molecule has 0 unspecified atom stereocenters. The summed E-state index contributed by atoms with van der Waals surface area (Å²) in [5.41, 5.74) is 1.95. The summed E-state index contributed by atoms with van der Waals surface area (Å²) in [5.74, 6) is 0. The number of fused-ring (bicyclic) bond motifs is 1. The molecule has 0 spiro atoms. The van der Waals surface area contributed by atoms with Gasteiger partial charge < -0.3 is 0 Å². The van der Waals surface area contributed by atoms with E-state index in [1.165, 1.54) is 12.1 Å². The molecule has 3 aromatic rings. The normalized spacial score (nSPS) is 10.7. The summed E-state index contributed by atoms with van der Waals surface area (Å²) in [4.78, 5) is 19.9. The number of aromatic nitrogens is 2. The Labute approximate surface area is 106 Å². The molecule has 0 bridgehead atoms. The molecule has 18 heavy (non-hydrogen) atoms. The van der Waals surface area contributed by atoms with Crippen LogP contribution in [0.4, 0.5) is 5.69 Å². The first-order valence-electron chi connectivity index (χ1n) is 5.19. The summed E-state index contributed by atoms with van der Waals surface area (Å²) < 4.78 is 0. The molecule has 3 rings (SSSR count). The number of nitrogens with zero attached hydrogens (tertiary/aromatic N) is 3. The average Bonchev–Trinajstić information content (AvgIpc) is 2.91. The molecule has 0 N–H and O–H groups in total. The number of thiophene rings is 1. The highest BCUT2D eigenvalue weighted by Crippen LogP contribution is 2.25. The average molecular weight is 257 g/mol. The predicted molar refractivity (Wildman–Crippen MR) is 69.5 cm³/mol. The van der Waals surface area contributed by atoms with E-state index in [0.717, 1.165) is 10.6 Å². The minimum atomic E-state index is -0.432. The van der Waals surface area contributed by atoms with Crippen LogP contribution in [0.25, 0.3) is 21.6 Å². The van der Waals surface area contributed by atoms with E-state index in [4.69, 9.17) is 0 Å². The lowest BCUT2D eigenvalue weighted by molar-refractivity contribution is -0.384. The third kappa shape index (κ3) is 1.82. The maximum Gasteiger partial charge on any atom is 0.271 e. The number of rotatable bonds is 2. The van der Waals surface area contributed by atoms with E-state index in [9.17, 15) is 10.1 Å². The van der Waals surface area contributed by atoms with Gasteiger partial charge in [0.15, 0.2) is 0 Å². The van der Waals surface area contributed by atoms with E-state index >= 15 is 0 Å². The van der Waals surface area contributed by atoms with Gasteiger partial charge in [0.2, 0.25) is 0 Å². The van der Waals surface area contributed by atoms with Gasteiger partial charge >= 0.3 is 0 Å². The molecule has 5 nitrogen and oxygen atoms in total. The van der Waals surface area contributed by atoms with Crippen LogP contribution in [0.2, 0.25) is 0 Å². The van der Waals surface area contributed by atoms with Crippen LogP contribution < -0.4 is 0 Å². The van der Waals surface area contributed by atoms with Crippen molar-refractivity contribution in [3.63, 3.8) is 0 Å². The zero-order chi connectivity index (χ0) is 12.5.